The van der Waals surface area contributed by atoms with Gasteiger partial charge < -0.3 is 14.6 Å². The first-order valence-corrected chi connectivity index (χ1v) is 6.12. The van der Waals surface area contributed by atoms with Gasteiger partial charge in [0, 0.05) is 0 Å². The lowest BCUT2D eigenvalue weighted by molar-refractivity contribution is -0.143. The zero-order valence-electron chi connectivity index (χ0n) is 9.96. The van der Waals surface area contributed by atoms with E-state index in [0.29, 0.717) is 11.5 Å². The summed E-state index contributed by atoms with van der Waals surface area (Å²) in [5.74, 6) is 0.512. The molecular formula is C13H15NO4. The molecule has 5 nitrogen and oxygen atoms in total. The van der Waals surface area contributed by atoms with E-state index < -0.39 is 12.0 Å². The van der Waals surface area contributed by atoms with E-state index in [1.165, 1.54) is 0 Å². The van der Waals surface area contributed by atoms with Crippen LogP contribution in [0.25, 0.3) is 0 Å². The first-order valence-electron chi connectivity index (χ1n) is 6.12. The smallest absolute Gasteiger partial charge is 0.325 e. The zero-order valence-corrected chi connectivity index (χ0v) is 9.96. The Morgan fingerprint density at radius 2 is 1.94 bits per heavy atom. The van der Waals surface area contributed by atoms with Crippen LogP contribution in [0.4, 0.5) is 0 Å². The fraction of sp³-hybridized carbons (Fsp3) is 0.462. The summed E-state index contributed by atoms with van der Waals surface area (Å²) < 4.78 is 10.5. The van der Waals surface area contributed by atoms with Crippen molar-refractivity contribution in [3.8, 4) is 11.5 Å². The van der Waals surface area contributed by atoms with Crippen molar-refractivity contribution in [1.82, 2.24) is 4.90 Å². The number of aliphatic carboxylic acids is 1. The SMILES string of the molecule is O=C(O)[C@@H](c1ccc2c(c1)OCO2)N1CCCC1. The predicted octanol–water partition coefficient (Wildman–Crippen LogP) is 1.64. The molecule has 0 bridgehead atoms. The summed E-state index contributed by atoms with van der Waals surface area (Å²) in [5.41, 5.74) is 0.758. The maximum absolute atomic E-state index is 11.5. The van der Waals surface area contributed by atoms with Gasteiger partial charge in [-0.1, -0.05) is 6.07 Å². The number of carboxylic acids is 1. The van der Waals surface area contributed by atoms with E-state index in [1.54, 1.807) is 12.1 Å². The van der Waals surface area contributed by atoms with Crippen LogP contribution in [-0.4, -0.2) is 35.9 Å². The van der Waals surface area contributed by atoms with E-state index in [2.05, 4.69) is 0 Å². The largest absolute Gasteiger partial charge is 0.480 e. The molecule has 0 amide bonds. The Hall–Kier alpha value is -1.75. The van der Waals surface area contributed by atoms with Crippen LogP contribution >= 0.6 is 0 Å². The number of fused-ring (bicyclic) bond motifs is 1. The third-order valence-electron chi connectivity index (χ3n) is 3.45. The lowest BCUT2D eigenvalue weighted by Crippen LogP contribution is -2.31. The molecule has 1 fully saturated rings. The average molecular weight is 249 g/mol. The van der Waals surface area contributed by atoms with Crippen LogP contribution in [0.3, 0.4) is 0 Å². The second-order valence-corrected chi connectivity index (χ2v) is 4.60. The Labute approximate surface area is 105 Å². The summed E-state index contributed by atoms with van der Waals surface area (Å²) >= 11 is 0. The molecule has 2 aliphatic heterocycles. The second kappa shape index (κ2) is 4.49. The Morgan fingerprint density at radius 3 is 2.67 bits per heavy atom. The minimum Gasteiger partial charge on any atom is -0.480 e. The Balaban J connectivity index is 1.92. The number of carbonyl (C=O) groups is 1. The van der Waals surface area contributed by atoms with Gasteiger partial charge in [0.05, 0.1) is 0 Å². The average Bonchev–Trinajstić information content (AvgIpc) is 2.98. The zero-order chi connectivity index (χ0) is 12.5. The molecule has 1 aromatic rings. The Bertz CT molecular complexity index is 468. The fourth-order valence-electron chi connectivity index (χ4n) is 2.59. The summed E-state index contributed by atoms with van der Waals surface area (Å²) in [6.07, 6.45) is 2.13. The van der Waals surface area contributed by atoms with Crippen LogP contribution in [0.1, 0.15) is 24.4 Å². The van der Waals surface area contributed by atoms with Gasteiger partial charge in [-0.25, -0.2) is 0 Å². The highest BCUT2D eigenvalue weighted by molar-refractivity contribution is 5.76. The molecule has 96 valence electrons. The number of carboxylic acid groups (broad SMARTS) is 1. The summed E-state index contributed by atoms with van der Waals surface area (Å²) in [5, 5.41) is 9.42. The maximum atomic E-state index is 11.5. The van der Waals surface area contributed by atoms with Crippen molar-refractivity contribution in [2.75, 3.05) is 19.9 Å². The lowest BCUT2D eigenvalue weighted by Gasteiger charge is -2.24. The van der Waals surface area contributed by atoms with Crippen molar-refractivity contribution in [3.63, 3.8) is 0 Å². The topological polar surface area (TPSA) is 59.0 Å². The maximum Gasteiger partial charge on any atom is 0.325 e. The van der Waals surface area contributed by atoms with Crippen molar-refractivity contribution >= 4 is 5.97 Å². The van der Waals surface area contributed by atoms with Gasteiger partial charge in [-0.3, -0.25) is 9.69 Å². The van der Waals surface area contributed by atoms with Crippen molar-refractivity contribution < 1.29 is 19.4 Å². The molecule has 3 rings (SSSR count). The van der Waals surface area contributed by atoms with E-state index in [-0.39, 0.29) is 6.79 Å². The molecule has 0 unspecified atom stereocenters. The standard InChI is InChI=1S/C13H15NO4/c15-13(16)12(14-5-1-2-6-14)9-3-4-10-11(7-9)18-8-17-10/h3-4,7,12H,1-2,5-6,8H2,(H,15,16)/t12-/m1/s1. The molecule has 1 atom stereocenters. The molecule has 0 radical (unpaired) electrons. The highest BCUT2D eigenvalue weighted by atomic mass is 16.7. The molecule has 18 heavy (non-hydrogen) atoms. The highest BCUT2D eigenvalue weighted by Gasteiger charge is 2.30. The number of ether oxygens (including phenoxy) is 2. The van der Waals surface area contributed by atoms with Crippen LogP contribution in [0.15, 0.2) is 18.2 Å². The van der Waals surface area contributed by atoms with Gasteiger partial charge in [-0.2, -0.15) is 0 Å². The molecule has 0 spiro atoms. The Morgan fingerprint density at radius 1 is 1.22 bits per heavy atom. The molecule has 5 heteroatoms. The molecule has 1 N–H and O–H groups in total. The van der Waals surface area contributed by atoms with E-state index in [1.807, 2.05) is 11.0 Å². The van der Waals surface area contributed by atoms with E-state index in [9.17, 15) is 9.90 Å². The summed E-state index contributed by atoms with van der Waals surface area (Å²) in [7, 11) is 0. The van der Waals surface area contributed by atoms with Gasteiger partial charge in [0.25, 0.3) is 0 Å². The molecule has 2 aliphatic rings. The third kappa shape index (κ3) is 1.90. The monoisotopic (exact) mass is 249 g/mol. The van der Waals surface area contributed by atoms with Gasteiger partial charge in [-0.05, 0) is 43.6 Å². The molecule has 0 saturated carbocycles. The van der Waals surface area contributed by atoms with Gasteiger partial charge in [-0.15, -0.1) is 0 Å². The van der Waals surface area contributed by atoms with Crippen molar-refractivity contribution in [2.45, 2.75) is 18.9 Å². The van der Waals surface area contributed by atoms with Crippen LogP contribution in [0.5, 0.6) is 11.5 Å². The summed E-state index contributed by atoms with van der Waals surface area (Å²) in [6.45, 7) is 1.89. The van der Waals surface area contributed by atoms with Gasteiger partial charge in [0.1, 0.15) is 6.04 Å². The van der Waals surface area contributed by atoms with E-state index in [4.69, 9.17) is 9.47 Å². The summed E-state index contributed by atoms with van der Waals surface area (Å²) in [6, 6.07) is 4.79. The fourth-order valence-corrected chi connectivity index (χ4v) is 2.59. The number of hydrogen-bond acceptors (Lipinski definition) is 4. The molecule has 1 aromatic carbocycles. The van der Waals surface area contributed by atoms with Crippen molar-refractivity contribution in [1.29, 1.82) is 0 Å². The lowest BCUT2D eigenvalue weighted by atomic mass is 10.1. The normalized spacial score (nSPS) is 20.0. The van der Waals surface area contributed by atoms with Crippen molar-refractivity contribution in [2.24, 2.45) is 0 Å². The quantitative estimate of drug-likeness (QED) is 0.882. The summed E-state index contributed by atoms with van der Waals surface area (Å²) in [4.78, 5) is 13.5. The molecule has 0 aromatic heterocycles. The predicted molar refractivity (Wildman–Crippen MR) is 63.7 cm³/mol. The highest BCUT2D eigenvalue weighted by Crippen LogP contribution is 2.36. The van der Waals surface area contributed by atoms with Crippen molar-refractivity contribution in [3.05, 3.63) is 23.8 Å². The number of likely N-dealkylation sites (tertiary alicyclic amines) is 1. The number of rotatable bonds is 3. The first-order chi connectivity index (χ1) is 8.75. The van der Waals surface area contributed by atoms with Gasteiger partial charge in [0.15, 0.2) is 11.5 Å². The molecule has 2 heterocycles. The first kappa shape index (κ1) is 11.3. The molecular weight excluding hydrogens is 234 g/mol. The van der Waals surface area contributed by atoms with Crippen LogP contribution in [-0.2, 0) is 4.79 Å². The van der Waals surface area contributed by atoms with Crippen LogP contribution in [0, 0.1) is 0 Å². The number of nitrogens with zero attached hydrogens (tertiary/aromatic N) is 1. The molecule has 0 aliphatic carbocycles. The van der Waals surface area contributed by atoms with E-state index >= 15 is 0 Å². The second-order valence-electron chi connectivity index (χ2n) is 4.60. The van der Waals surface area contributed by atoms with Gasteiger partial charge in [0.2, 0.25) is 6.79 Å². The minimum atomic E-state index is -0.809. The van der Waals surface area contributed by atoms with Crippen LogP contribution in [0.2, 0.25) is 0 Å². The minimum absolute atomic E-state index is 0.209. The number of hydrogen-bond donors (Lipinski definition) is 1. The van der Waals surface area contributed by atoms with Crippen LogP contribution < -0.4 is 9.47 Å². The van der Waals surface area contributed by atoms with Gasteiger partial charge >= 0.3 is 5.97 Å². The Kier molecular flexibility index (Phi) is 2.83. The number of benzene rings is 1. The third-order valence-corrected chi connectivity index (χ3v) is 3.45. The molecule has 1 saturated heterocycles. The van der Waals surface area contributed by atoms with E-state index in [0.717, 1.165) is 31.5 Å².